The van der Waals surface area contributed by atoms with Crippen LogP contribution in [0.1, 0.15) is 24.0 Å². The van der Waals surface area contributed by atoms with E-state index in [4.69, 9.17) is 21.1 Å². The summed E-state index contributed by atoms with van der Waals surface area (Å²) in [5.74, 6) is 1.33. The second-order valence-electron chi connectivity index (χ2n) is 8.40. The zero-order valence-electron chi connectivity index (χ0n) is 19.0. The van der Waals surface area contributed by atoms with Gasteiger partial charge in [-0.2, -0.15) is 10.2 Å². The Hall–Kier alpha value is -3.54. The van der Waals surface area contributed by atoms with E-state index in [1.807, 2.05) is 38.4 Å². The number of nitrogens with two attached hydrogens (primary N) is 1. The number of likely N-dealkylation sites (N-methyl/N-ethyl adjacent to an activating group) is 1. The Kier molecular flexibility index (Phi) is 6.82. The molecule has 2 aliphatic rings. The summed E-state index contributed by atoms with van der Waals surface area (Å²) in [6.45, 7) is 1.64. The van der Waals surface area contributed by atoms with Crippen LogP contribution in [0.15, 0.2) is 42.5 Å². The molecule has 1 aromatic carbocycles. The van der Waals surface area contributed by atoms with Gasteiger partial charge in [0.2, 0.25) is 5.95 Å². The Morgan fingerprint density at radius 3 is 2.52 bits per heavy atom. The van der Waals surface area contributed by atoms with Gasteiger partial charge >= 0.3 is 0 Å². The lowest BCUT2D eigenvalue weighted by atomic mass is 9.88. The van der Waals surface area contributed by atoms with E-state index >= 15 is 0 Å². The highest BCUT2D eigenvalue weighted by Crippen LogP contribution is 2.37. The standard InChI is InChI=1S/C25H30N8/c1-29-21-8-7-18(13-19(21)15-27)22-23(17-5-3-16(14-26)4-6-17)31-25(32-24(22)30-2)33-11-9-20(28)10-12-33/h3-8,13,15,19-21,27,29H,9-12,28H2,1-2H3,(H,30,31,32). The number of benzene rings is 1. The SMILES string of the molecule is CNc1nc(N2CCC(N)CC2)nc(-c2ccc(C#N)cc2)c1C1=CC(C=N)C(NC)C=C1. The van der Waals surface area contributed by atoms with Gasteiger partial charge in [-0.15, -0.1) is 0 Å². The van der Waals surface area contributed by atoms with E-state index in [1.165, 1.54) is 6.21 Å². The molecule has 170 valence electrons. The minimum atomic E-state index is -0.0724. The lowest BCUT2D eigenvalue weighted by Crippen LogP contribution is -2.40. The summed E-state index contributed by atoms with van der Waals surface area (Å²) in [7, 11) is 3.76. The lowest BCUT2D eigenvalue weighted by Gasteiger charge is -2.31. The highest BCUT2D eigenvalue weighted by Gasteiger charge is 2.26. The van der Waals surface area contributed by atoms with Crippen LogP contribution in [0.5, 0.6) is 0 Å². The van der Waals surface area contributed by atoms with Gasteiger partial charge in [0, 0.05) is 49.9 Å². The van der Waals surface area contributed by atoms with Crippen LogP contribution in [-0.2, 0) is 0 Å². The summed E-state index contributed by atoms with van der Waals surface area (Å²) in [5, 5.41) is 23.6. The molecule has 2 aromatic rings. The van der Waals surface area contributed by atoms with Gasteiger partial charge in [-0.3, -0.25) is 0 Å². The van der Waals surface area contributed by atoms with Crippen molar-refractivity contribution in [2.45, 2.75) is 24.9 Å². The normalized spacial score (nSPS) is 20.8. The maximum Gasteiger partial charge on any atom is 0.227 e. The van der Waals surface area contributed by atoms with Crippen molar-refractivity contribution in [2.24, 2.45) is 11.7 Å². The largest absolute Gasteiger partial charge is 0.372 e. The van der Waals surface area contributed by atoms with Gasteiger partial charge < -0.3 is 26.7 Å². The highest BCUT2D eigenvalue weighted by atomic mass is 15.3. The first-order chi connectivity index (χ1) is 16.1. The van der Waals surface area contributed by atoms with E-state index in [2.05, 4.69) is 39.8 Å². The predicted octanol–water partition coefficient (Wildman–Crippen LogP) is 2.79. The Labute approximate surface area is 194 Å². The van der Waals surface area contributed by atoms with Gasteiger partial charge in [-0.1, -0.05) is 30.4 Å². The molecule has 1 saturated heterocycles. The maximum absolute atomic E-state index is 9.23. The first-order valence-corrected chi connectivity index (χ1v) is 11.3. The van der Waals surface area contributed by atoms with Crippen LogP contribution in [0.3, 0.4) is 0 Å². The zero-order valence-corrected chi connectivity index (χ0v) is 19.0. The number of hydrogen-bond acceptors (Lipinski definition) is 8. The molecule has 5 N–H and O–H groups in total. The van der Waals surface area contributed by atoms with E-state index in [1.54, 1.807) is 0 Å². The van der Waals surface area contributed by atoms with Crippen LogP contribution in [0.2, 0.25) is 0 Å². The number of nitriles is 1. The second-order valence-corrected chi connectivity index (χ2v) is 8.40. The molecule has 2 unspecified atom stereocenters. The third-order valence-electron chi connectivity index (χ3n) is 6.33. The number of aromatic nitrogens is 2. The number of piperidine rings is 1. The Balaban J connectivity index is 1.87. The van der Waals surface area contributed by atoms with E-state index in [0.717, 1.165) is 54.1 Å². The van der Waals surface area contributed by atoms with Crippen molar-refractivity contribution in [3.63, 3.8) is 0 Å². The fraction of sp³-hybridized carbons (Fsp3) is 0.360. The number of nitrogens with one attached hydrogen (secondary N) is 3. The number of anilines is 2. The van der Waals surface area contributed by atoms with Crippen molar-refractivity contribution in [3.8, 4) is 17.3 Å². The molecule has 0 radical (unpaired) electrons. The Bertz CT molecular complexity index is 1100. The average Bonchev–Trinajstić information content (AvgIpc) is 2.88. The van der Waals surface area contributed by atoms with Crippen molar-refractivity contribution in [2.75, 3.05) is 37.4 Å². The lowest BCUT2D eigenvalue weighted by molar-refractivity contribution is 0.496. The zero-order chi connectivity index (χ0) is 23.4. The maximum atomic E-state index is 9.23. The van der Waals surface area contributed by atoms with E-state index in [-0.39, 0.29) is 18.0 Å². The molecular formula is C25H30N8. The molecule has 0 saturated carbocycles. The highest BCUT2D eigenvalue weighted by molar-refractivity contribution is 5.92. The Morgan fingerprint density at radius 1 is 1.18 bits per heavy atom. The summed E-state index contributed by atoms with van der Waals surface area (Å²) in [6.07, 6.45) is 9.50. The molecule has 1 aliphatic carbocycles. The van der Waals surface area contributed by atoms with Crippen molar-refractivity contribution < 1.29 is 0 Å². The van der Waals surface area contributed by atoms with Crippen molar-refractivity contribution >= 4 is 23.6 Å². The van der Waals surface area contributed by atoms with Gasteiger partial charge in [-0.25, -0.2) is 4.98 Å². The molecule has 4 rings (SSSR count). The van der Waals surface area contributed by atoms with Gasteiger partial charge in [-0.05, 0) is 37.6 Å². The van der Waals surface area contributed by atoms with Crippen LogP contribution in [-0.4, -0.2) is 55.5 Å². The first-order valence-electron chi connectivity index (χ1n) is 11.3. The third kappa shape index (κ3) is 4.65. The molecular weight excluding hydrogens is 412 g/mol. The van der Waals surface area contributed by atoms with Crippen LogP contribution in [0.4, 0.5) is 11.8 Å². The molecule has 33 heavy (non-hydrogen) atoms. The van der Waals surface area contributed by atoms with Gasteiger partial charge in [0.15, 0.2) is 0 Å². The molecule has 1 aromatic heterocycles. The minimum absolute atomic E-state index is 0.0698. The van der Waals surface area contributed by atoms with E-state index in [9.17, 15) is 5.26 Å². The Morgan fingerprint density at radius 2 is 1.91 bits per heavy atom. The molecule has 1 fully saturated rings. The summed E-state index contributed by atoms with van der Waals surface area (Å²) in [6, 6.07) is 9.94. The summed E-state index contributed by atoms with van der Waals surface area (Å²) < 4.78 is 0. The monoisotopic (exact) mass is 442 g/mol. The van der Waals surface area contributed by atoms with Crippen LogP contribution < -0.4 is 21.3 Å². The van der Waals surface area contributed by atoms with Gasteiger partial charge in [0.1, 0.15) is 5.82 Å². The average molecular weight is 443 g/mol. The van der Waals surface area contributed by atoms with Crippen LogP contribution in [0.25, 0.3) is 16.8 Å². The summed E-state index contributed by atoms with van der Waals surface area (Å²) >= 11 is 0. The van der Waals surface area contributed by atoms with E-state index < -0.39 is 0 Å². The molecule has 0 bridgehead atoms. The van der Waals surface area contributed by atoms with Gasteiger partial charge in [0.25, 0.3) is 0 Å². The summed E-state index contributed by atoms with van der Waals surface area (Å²) in [5.41, 5.74) is 10.3. The van der Waals surface area contributed by atoms with E-state index in [0.29, 0.717) is 11.5 Å². The molecule has 0 amide bonds. The number of hydrogen-bond donors (Lipinski definition) is 4. The fourth-order valence-corrected chi connectivity index (χ4v) is 4.37. The van der Waals surface area contributed by atoms with Crippen molar-refractivity contribution in [1.29, 1.82) is 10.7 Å². The number of rotatable bonds is 6. The fourth-order valence-electron chi connectivity index (χ4n) is 4.37. The molecule has 8 nitrogen and oxygen atoms in total. The molecule has 1 aliphatic heterocycles. The molecule has 2 heterocycles. The molecule has 8 heteroatoms. The van der Waals surface area contributed by atoms with Gasteiger partial charge in [0.05, 0.1) is 22.9 Å². The summed E-state index contributed by atoms with van der Waals surface area (Å²) in [4.78, 5) is 12.1. The minimum Gasteiger partial charge on any atom is -0.372 e. The predicted molar refractivity (Wildman–Crippen MR) is 133 cm³/mol. The van der Waals surface area contributed by atoms with Crippen LogP contribution in [0, 0.1) is 22.7 Å². The number of allylic oxidation sites excluding steroid dienone is 2. The molecule has 0 spiro atoms. The van der Waals surface area contributed by atoms with Crippen LogP contribution >= 0.6 is 0 Å². The molecule has 2 atom stereocenters. The topological polar surface area (TPSA) is 127 Å². The quantitative estimate of drug-likeness (QED) is 0.507. The van der Waals surface area contributed by atoms with Crippen molar-refractivity contribution in [1.82, 2.24) is 15.3 Å². The smallest absolute Gasteiger partial charge is 0.227 e. The first kappa shape index (κ1) is 22.6. The third-order valence-corrected chi connectivity index (χ3v) is 6.33. The second kappa shape index (κ2) is 9.94. The number of nitrogens with zero attached hydrogens (tertiary/aromatic N) is 4. The van der Waals surface area contributed by atoms with Crippen molar-refractivity contribution in [3.05, 3.63) is 53.6 Å².